The minimum absolute atomic E-state index is 0.298. The summed E-state index contributed by atoms with van der Waals surface area (Å²) < 4.78 is 6.37. The van der Waals surface area contributed by atoms with E-state index in [1.165, 1.54) is 23.6 Å². The van der Waals surface area contributed by atoms with Gasteiger partial charge < -0.3 is 10.1 Å². The number of hydrogen-bond donors (Lipinski definition) is 2. The lowest BCUT2D eigenvalue weighted by atomic mass is 10.2. The molecule has 9 heteroatoms. The van der Waals surface area contributed by atoms with Crippen LogP contribution in [0, 0.1) is 0 Å². The van der Waals surface area contributed by atoms with Crippen LogP contribution in [0.4, 0.5) is 5.69 Å². The van der Waals surface area contributed by atoms with Gasteiger partial charge in [0.05, 0.1) is 11.2 Å². The van der Waals surface area contributed by atoms with Crippen molar-refractivity contribution in [2.24, 2.45) is 5.10 Å². The number of thiophene rings is 1. The molecular weight excluding hydrogens is 558 g/mol. The van der Waals surface area contributed by atoms with Gasteiger partial charge in [0.2, 0.25) is 0 Å². The zero-order valence-corrected chi connectivity index (χ0v) is 23.0. The number of carbonyl (C=O) groups excluding carboxylic acids is 3. The fourth-order valence-electron chi connectivity index (χ4n) is 3.83. The molecule has 0 fully saturated rings. The van der Waals surface area contributed by atoms with Crippen molar-refractivity contribution in [2.75, 3.05) is 5.32 Å². The Bertz CT molecular complexity index is 1780. The molecule has 0 unspecified atom stereocenters. The molecule has 41 heavy (non-hydrogen) atoms. The minimum Gasteiger partial charge on any atom is -0.423 e. The second kappa shape index (κ2) is 12.9. The lowest BCUT2D eigenvalue weighted by Gasteiger charge is -2.06. The second-order valence-corrected chi connectivity index (χ2v) is 10.1. The normalized spacial score (nSPS) is 11.1. The SMILES string of the molecule is O=C(/C=C/c1ccccc1)Oc1ccccc1/C=N\NC(=O)c1ccc(NC(=O)c2sc3ccccc3c2Cl)cc1. The van der Waals surface area contributed by atoms with E-state index >= 15 is 0 Å². The Morgan fingerprint density at radius 2 is 1.51 bits per heavy atom. The van der Waals surface area contributed by atoms with Crippen LogP contribution in [0.15, 0.2) is 114 Å². The van der Waals surface area contributed by atoms with E-state index in [0.29, 0.717) is 32.5 Å². The first kappa shape index (κ1) is 27.5. The van der Waals surface area contributed by atoms with Crippen molar-refractivity contribution < 1.29 is 19.1 Å². The van der Waals surface area contributed by atoms with Crippen LogP contribution in [-0.2, 0) is 4.79 Å². The van der Waals surface area contributed by atoms with Crippen molar-refractivity contribution in [1.29, 1.82) is 0 Å². The number of fused-ring (bicyclic) bond motifs is 1. The van der Waals surface area contributed by atoms with Gasteiger partial charge in [0.15, 0.2) is 0 Å². The molecule has 0 saturated carbocycles. The molecular formula is C32H22ClN3O4S. The molecule has 5 rings (SSSR count). The number of nitrogens with zero attached hydrogens (tertiary/aromatic N) is 1. The van der Waals surface area contributed by atoms with Crippen LogP contribution in [0.2, 0.25) is 5.02 Å². The molecule has 0 atom stereocenters. The number of hydrogen-bond acceptors (Lipinski definition) is 6. The molecule has 1 heterocycles. The highest BCUT2D eigenvalue weighted by Crippen LogP contribution is 2.35. The van der Waals surface area contributed by atoms with Crippen molar-refractivity contribution in [1.82, 2.24) is 5.43 Å². The third-order valence-corrected chi connectivity index (χ3v) is 7.53. The van der Waals surface area contributed by atoms with Gasteiger partial charge >= 0.3 is 5.97 Å². The lowest BCUT2D eigenvalue weighted by molar-refractivity contribution is -0.128. The van der Waals surface area contributed by atoms with Crippen LogP contribution in [0.25, 0.3) is 16.2 Å². The van der Waals surface area contributed by atoms with Crippen LogP contribution in [0.3, 0.4) is 0 Å². The summed E-state index contributed by atoms with van der Waals surface area (Å²) in [6.45, 7) is 0. The maximum atomic E-state index is 12.8. The van der Waals surface area contributed by atoms with E-state index in [4.69, 9.17) is 16.3 Å². The number of nitrogens with one attached hydrogen (secondary N) is 2. The number of rotatable bonds is 8. The van der Waals surface area contributed by atoms with Crippen LogP contribution in [0.5, 0.6) is 5.75 Å². The van der Waals surface area contributed by atoms with Gasteiger partial charge in [-0.2, -0.15) is 5.10 Å². The summed E-state index contributed by atoms with van der Waals surface area (Å²) in [5.41, 5.74) is 4.69. The average Bonchev–Trinajstić information content (AvgIpc) is 3.34. The van der Waals surface area contributed by atoms with Crippen molar-refractivity contribution in [3.8, 4) is 5.75 Å². The highest BCUT2D eigenvalue weighted by atomic mass is 35.5. The zero-order valence-electron chi connectivity index (χ0n) is 21.4. The molecule has 0 radical (unpaired) electrons. The van der Waals surface area contributed by atoms with Crippen molar-refractivity contribution in [3.05, 3.63) is 136 Å². The van der Waals surface area contributed by atoms with Crippen molar-refractivity contribution in [3.63, 3.8) is 0 Å². The molecule has 0 aliphatic heterocycles. The van der Waals surface area contributed by atoms with E-state index in [-0.39, 0.29) is 5.91 Å². The predicted molar refractivity (Wildman–Crippen MR) is 164 cm³/mol. The lowest BCUT2D eigenvalue weighted by Crippen LogP contribution is -2.18. The summed E-state index contributed by atoms with van der Waals surface area (Å²) in [7, 11) is 0. The number of amides is 2. The maximum Gasteiger partial charge on any atom is 0.336 e. The number of hydrazone groups is 1. The van der Waals surface area contributed by atoms with E-state index in [9.17, 15) is 14.4 Å². The van der Waals surface area contributed by atoms with Gasteiger partial charge in [-0.15, -0.1) is 11.3 Å². The Balaban J connectivity index is 1.17. The Morgan fingerprint density at radius 3 is 2.29 bits per heavy atom. The number of carbonyl (C=O) groups is 3. The van der Waals surface area contributed by atoms with E-state index in [2.05, 4.69) is 15.8 Å². The van der Waals surface area contributed by atoms with Gasteiger partial charge in [-0.25, -0.2) is 10.2 Å². The minimum atomic E-state index is -0.541. The summed E-state index contributed by atoms with van der Waals surface area (Å²) in [6, 6.07) is 30.2. The Kier molecular flexibility index (Phi) is 8.64. The van der Waals surface area contributed by atoms with Crippen molar-refractivity contribution in [2.45, 2.75) is 0 Å². The molecule has 5 aromatic rings. The number of esters is 1. The summed E-state index contributed by atoms with van der Waals surface area (Å²) in [4.78, 5) is 38.1. The molecule has 2 N–H and O–H groups in total. The molecule has 1 aromatic heterocycles. The Hall–Kier alpha value is -5.05. The van der Waals surface area contributed by atoms with Gasteiger partial charge in [-0.1, -0.05) is 72.3 Å². The van der Waals surface area contributed by atoms with E-state index in [0.717, 1.165) is 15.6 Å². The first-order chi connectivity index (χ1) is 20.0. The highest BCUT2D eigenvalue weighted by molar-refractivity contribution is 7.21. The number of para-hydroxylation sites is 1. The monoisotopic (exact) mass is 579 g/mol. The topological polar surface area (TPSA) is 96.9 Å². The third kappa shape index (κ3) is 6.94. The number of anilines is 1. The molecule has 4 aromatic carbocycles. The summed E-state index contributed by atoms with van der Waals surface area (Å²) in [5, 5.41) is 8.06. The van der Waals surface area contributed by atoms with Gasteiger partial charge in [0.25, 0.3) is 11.8 Å². The van der Waals surface area contributed by atoms with E-state index in [1.54, 1.807) is 54.6 Å². The standard InChI is InChI=1S/C32H22ClN3O4S/c33-29-25-11-5-7-13-27(25)41-30(29)32(39)35-24-17-15-22(16-18-24)31(38)36-34-20-23-10-4-6-12-26(23)40-28(37)19-14-21-8-2-1-3-9-21/h1-20H,(H,35,39)(H,36,38)/b19-14+,34-20-. The fourth-order valence-corrected chi connectivity index (χ4v) is 5.24. The number of benzene rings is 4. The zero-order chi connectivity index (χ0) is 28.6. The fraction of sp³-hybridized carbons (Fsp3) is 0. The summed E-state index contributed by atoms with van der Waals surface area (Å²) in [5.74, 6) is -1.02. The van der Waals surface area contributed by atoms with Crippen LogP contribution in [0.1, 0.15) is 31.2 Å². The molecule has 2 amide bonds. The quantitative estimate of drug-likeness (QED) is 0.0668. The smallest absolute Gasteiger partial charge is 0.336 e. The Morgan fingerprint density at radius 1 is 0.805 bits per heavy atom. The molecule has 0 bridgehead atoms. The molecule has 0 saturated heterocycles. The Labute approximate surface area is 244 Å². The van der Waals surface area contributed by atoms with Gasteiger partial charge in [0.1, 0.15) is 10.6 Å². The first-order valence-corrected chi connectivity index (χ1v) is 13.6. The molecule has 202 valence electrons. The summed E-state index contributed by atoms with van der Waals surface area (Å²) >= 11 is 7.72. The predicted octanol–water partition coefficient (Wildman–Crippen LogP) is 7.19. The van der Waals surface area contributed by atoms with E-state index < -0.39 is 11.9 Å². The van der Waals surface area contributed by atoms with Gasteiger partial charge in [-0.05, 0) is 54.1 Å². The van der Waals surface area contributed by atoms with Crippen LogP contribution >= 0.6 is 22.9 Å². The van der Waals surface area contributed by atoms with Crippen molar-refractivity contribution >= 4 is 68.8 Å². The summed E-state index contributed by atoms with van der Waals surface area (Å²) in [6.07, 6.45) is 4.40. The van der Waals surface area contributed by atoms with E-state index in [1.807, 2.05) is 54.6 Å². The maximum absolute atomic E-state index is 12.8. The molecule has 7 nitrogen and oxygen atoms in total. The number of halogens is 1. The molecule has 0 aliphatic rings. The van der Waals surface area contributed by atoms with Gasteiger partial charge in [-0.3, -0.25) is 9.59 Å². The second-order valence-electron chi connectivity index (χ2n) is 8.67. The molecule has 0 aliphatic carbocycles. The largest absolute Gasteiger partial charge is 0.423 e. The van der Waals surface area contributed by atoms with Crippen LogP contribution < -0.4 is 15.5 Å². The average molecular weight is 580 g/mol. The van der Waals surface area contributed by atoms with Gasteiger partial charge in [0, 0.05) is 33.0 Å². The highest BCUT2D eigenvalue weighted by Gasteiger charge is 2.17. The first-order valence-electron chi connectivity index (χ1n) is 12.4. The molecule has 0 spiro atoms. The number of ether oxygens (including phenoxy) is 1. The van der Waals surface area contributed by atoms with Crippen LogP contribution in [-0.4, -0.2) is 24.0 Å². The third-order valence-electron chi connectivity index (χ3n) is 5.86.